The fraction of sp³-hybridized carbons (Fsp3) is 0.323. The molecule has 44 heavy (non-hydrogen) atoms. The number of nitrogens with one attached hydrogen (secondary N) is 3. The first-order chi connectivity index (χ1) is 20.8. The number of nitrogens with zero attached hydrogens (tertiary/aromatic N) is 1. The molecule has 0 radical (unpaired) electrons. The molecule has 2 aromatic carbocycles. The van der Waals surface area contributed by atoms with Gasteiger partial charge in [-0.15, -0.1) is 0 Å². The van der Waals surface area contributed by atoms with Crippen LogP contribution in [0.15, 0.2) is 89.6 Å². The highest BCUT2D eigenvalue weighted by Gasteiger charge is 2.50. The van der Waals surface area contributed by atoms with E-state index in [0.29, 0.717) is 16.8 Å². The number of hydrogen-bond acceptors (Lipinski definition) is 6. The molecule has 0 bridgehead atoms. The zero-order valence-corrected chi connectivity index (χ0v) is 24.8. The number of alkyl halides is 3. The monoisotopic (exact) mass is 632 g/mol. The first kappa shape index (κ1) is 32.6. The minimum Gasteiger partial charge on any atom is -0.453 e. The van der Waals surface area contributed by atoms with E-state index in [1.54, 1.807) is 43.3 Å². The van der Waals surface area contributed by atoms with Crippen LogP contribution >= 0.6 is 11.6 Å². The molecule has 3 atom stereocenters. The number of amides is 3. The minimum absolute atomic E-state index is 0.0281. The van der Waals surface area contributed by atoms with Gasteiger partial charge in [0.1, 0.15) is 6.04 Å². The zero-order valence-electron chi connectivity index (χ0n) is 24.0. The van der Waals surface area contributed by atoms with Gasteiger partial charge in [-0.2, -0.15) is 13.2 Å². The van der Waals surface area contributed by atoms with Crippen LogP contribution in [0.3, 0.4) is 0 Å². The smallest absolute Gasteiger partial charge is 0.412 e. The van der Waals surface area contributed by atoms with Crippen molar-refractivity contribution < 1.29 is 37.0 Å². The quantitative estimate of drug-likeness (QED) is 0.294. The molecule has 0 saturated carbocycles. The van der Waals surface area contributed by atoms with Gasteiger partial charge in [-0.05, 0) is 54.3 Å². The number of hydrogen-bond donors (Lipinski definition) is 3. The molecule has 234 valence electrons. The summed E-state index contributed by atoms with van der Waals surface area (Å²) in [5.41, 5.74) is 0.671. The third kappa shape index (κ3) is 7.80. The Balaban J connectivity index is 1.63. The molecule has 0 aliphatic carbocycles. The van der Waals surface area contributed by atoms with E-state index in [4.69, 9.17) is 16.3 Å². The van der Waals surface area contributed by atoms with E-state index in [9.17, 15) is 27.6 Å². The zero-order chi connectivity index (χ0) is 32.1. The van der Waals surface area contributed by atoms with Gasteiger partial charge in [0.2, 0.25) is 5.91 Å². The van der Waals surface area contributed by atoms with E-state index in [0.717, 1.165) is 0 Å². The van der Waals surface area contributed by atoms with Crippen LogP contribution in [-0.2, 0) is 20.7 Å². The summed E-state index contributed by atoms with van der Waals surface area (Å²) in [6.07, 6.45) is -2.94. The molecule has 4 rings (SSSR count). The van der Waals surface area contributed by atoms with Crippen molar-refractivity contribution in [3.63, 3.8) is 0 Å². The van der Waals surface area contributed by atoms with Crippen LogP contribution in [0, 0.1) is 0 Å². The topological polar surface area (TPSA) is 109 Å². The highest BCUT2D eigenvalue weighted by atomic mass is 35.5. The molecule has 3 N–H and O–H groups in total. The first-order valence-corrected chi connectivity index (χ1v) is 14.0. The van der Waals surface area contributed by atoms with Gasteiger partial charge in [0.25, 0.3) is 0 Å². The lowest BCUT2D eigenvalue weighted by atomic mass is 9.90. The van der Waals surface area contributed by atoms with Crippen LogP contribution in [0.1, 0.15) is 30.5 Å². The Bertz CT molecular complexity index is 1460. The van der Waals surface area contributed by atoms with Crippen LogP contribution in [-0.4, -0.2) is 61.0 Å². The average molecular weight is 633 g/mol. The number of ether oxygens (including phenoxy) is 2. The summed E-state index contributed by atoms with van der Waals surface area (Å²) >= 11 is 5.84. The summed E-state index contributed by atoms with van der Waals surface area (Å²) in [4.78, 5) is 39.4. The fourth-order valence-corrected chi connectivity index (χ4v) is 5.29. The number of anilines is 1. The Morgan fingerprint density at radius 3 is 2.50 bits per heavy atom. The van der Waals surface area contributed by atoms with Crippen molar-refractivity contribution in [2.75, 3.05) is 25.5 Å². The van der Waals surface area contributed by atoms with Gasteiger partial charge >= 0.3 is 18.4 Å². The fourth-order valence-electron chi connectivity index (χ4n) is 5.22. The van der Waals surface area contributed by atoms with E-state index in [1.165, 1.54) is 42.4 Å². The van der Waals surface area contributed by atoms with Gasteiger partial charge in [-0.3, -0.25) is 20.7 Å². The maximum absolute atomic E-state index is 14.5. The molecule has 2 aliphatic rings. The summed E-state index contributed by atoms with van der Waals surface area (Å²) in [7, 11) is 1.17. The SMILES string of the molecule is C=C(Cl)/C=C\C1=C(C)C2(CCN(C(=O)C(Cc3ccccc3)NC(c3ccc(NC(=O)OC)cc3)C(F)(F)F)C2)OC(=O)N1. The molecule has 1 saturated heterocycles. The molecule has 0 aromatic heterocycles. The molecule has 2 heterocycles. The number of methoxy groups -OCH3 is 1. The number of carbonyl (C=O) groups is 3. The molecule has 9 nitrogen and oxygen atoms in total. The van der Waals surface area contributed by atoms with Crippen LogP contribution in [0.2, 0.25) is 0 Å². The highest BCUT2D eigenvalue weighted by Crippen LogP contribution is 2.38. The van der Waals surface area contributed by atoms with Crippen LogP contribution in [0.25, 0.3) is 0 Å². The van der Waals surface area contributed by atoms with Crippen molar-refractivity contribution in [1.82, 2.24) is 15.5 Å². The number of carbonyl (C=O) groups excluding carboxylic acids is 3. The second-order valence-electron chi connectivity index (χ2n) is 10.5. The molecule has 3 amide bonds. The van der Waals surface area contributed by atoms with E-state index < -0.39 is 42.0 Å². The van der Waals surface area contributed by atoms with Gasteiger partial charge in [-0.25, -0.2) is 9.59 Å². The van der Waals surface area contributed by atoms with E-state index in [1.807, 2.05) is 0 Å². The summed E-state index contributed by atoms with van der Waals surface area (Å²) in [6.45, 7) is 5.46. The second-order valence-corrected chi connectivity index (χ2v) is 10.9. The normalized spacial score (nSPS) is 19.9. The standard InChI is InChI=1S/C31H32ClF3N4O5/c1-19(32)9-14-24-20(2)30(44-29(42)38-24)15-16-39(18-30)27(40)25(17-21-7-5-4-6-8-21)37-26(31(33,34)35)22-10-12-23(13-11-22)36-28(41)43-3/h4-14,25-26,37H,1,15-18H2,2-3H3,(H,36,41)(H,38,42)/b14-9-. The van der Waals surface area contributed by atoms with Crippen molar-refractivity contribution >= 4 is 35.4 Å². The number of benzene rings is 2. The molecular formula is C31H32ClF3N4O5. The predicted octanol–water partition coefficient (Wildman–Crippen LogP) is 5.96. The lowest BCUT2D eigenvalue weighted by Crippen LogP contribution is -2.53. The Morgan fingerprint density at radius 1 is 1.20 bits per heavy atom. The summed E-state index contributed by atoms with van der Waals surface area (Å²) in [5.74, 6) is -0.572. The van der Waals surface area contributed by atoms with Crippen LogP contribution in [0.4, 0.5) is 28.4 Å². The Labute approximate surface area is 257 Å². The molecule has 1 fully saturated rings. The second kappa shape index (κ2) is 13.6. The van der Waals surface area contributed by atoms with E-state index in [2.05, 4.69) is 27.3 Å². The Kier molecular flexibility index (Phi) is 10.1. The van der Waals surface area contributed by atoms with E-state index in [-0.39, 0.29) is 42.2 Å². The number of rotatable bonds is 9. The Hall–Kier alpha value is -4.29. The summed E-state index contributed by atoms with van der Waals surface area (Å²) < 4.78 is 53.7. The van der Waals surface area contributed by atoms with Gasteiger partial charge < -0.3 is 14.4 Å². The highest BCUT2D eigenvalue weighted by molar-refractivity contribution is 6.30. The maximum atomic E-state index is 14.5. The van der Waals surface area contributed by atoms with Crippen molar-refractivity contribution in [2.45, 2.75) is 43.6 Å². The molecule has 2 aliphatic heterocycles. The largest absolute Gasteiger partial charge is 0.453 e. The molecule has 2 aromatic rings. The summed E-state index contributed by atoms with van der Waals surface area (Å²) in [5, 5.41) is 7.81. The van der Waals surface area contributed by atoms with Crippen LogP contribution in [0.5, 0.6) is 0 Å². The lowest BCUT2D eigenvalue weighted by Gasteiger charge is -2.36. The maximum Gasteiger partial charge on any atom is 0.412 e. The van der Waals surface area contributed by atoms with Gasteiger partial charge in [-0.1, -0.05) is 60.6 Å². The number of alkyl carbamates (subject to hydrolysis) is 1. The Morgan fingerprint density at radius 2 is 1.89 bits per heavy atom. The average Bonchev–Trinajstić information content (AvgIpc) is 3.40. The summed E-state index contributed by atoms with van der Waals surface area (Å²) in [6, 6.07) is 10.3. The van der Waals surface area contributed by atoms with E-state index >= 15 is 0 Å². The van der Waals surface area contributed by atoms with Crippen molar-refractivity contribution in [3.05, 3.63) is 101 Å². The van der Waals surface area contributed by atoms with Gasteiger partial charge in [0.15, 0.2) is 5.60 Å². The lowest BCUT2D eigenvalue weighted by molar-refractivity contribution is -0.162. The van der Waals surface area contributed by atoms with Crippen molar-refractivity contribution in [2.24, 2.45) is 0 Å². The van der Waals surface area contributed by atoms with Crippen molar-refractivity contribution in [3.8, 4) is 0 Å². The van der Waals surface area contributed by atoms with Gasteiger partial charge in [0, 0.05) is 29.4 Å². The minimum atomic E-state index is -4.77. The number of allylic oxidation sites excluding steroid dienone is 3. The number of halogens is 4. The third-order valence-corrected chi connectivity index (χ3v) is 7.66. The number of likely N-dealkylation sites (tertiary alicyclic amines) is 1. The predicted molar refractivity (Wildman–Crippen MR) is 159 cm³/mol. The molecular weight excluding hydrogens is 601 g/mol. The third-order valence-electron chi connectivity index (χ3n) is 7.54. The van der Waals surface area contributed by atoms with Crippen LogP contribution < -0.4 is 16.0 Å². The molecule has 13 heteroatoms. The first-order valence-electron chi connectivity index (χ1n) is 13.7. The van der Waals surface area contributed by atoms with Crippen molar-refractivity contribution in [1.29, 1.82) is 0 Å². The molecule has 1 spiro atoms. The van der Waals surface area contributed by atoms with Gasteiger partial charge in [0.05, 0.1) is 19.7 Å². The molecule has 3 unspecified atom stereocenters.